The van der Waals surface area contributed by atoms with Gasteiger partial charge in [-0.2, -0.15) is 0 Å². The minimum absolute atomic E-state index is 0.220. The lowest BCUT2D eigenvalue weighted by atomic mass is 10.1. The number of carbonyl (C=O) groups is 1. The van der Waals surface area contributed by atoms with E-state index in [4.69, 9.17) is 9.47 Å². The summed E-state index contributed by atoms with van der Waals surface area (Å²) in [7, 11) is 1.65. The van der Waals surface area contributed by atoms with Crippen molar-refractivity contribution < 1.29 is 14.3 Å². The molecule has 1 heterocycles. The van der Waals surface area contributed by atoms with Crippen LogP contribution in [0.1, 0.15) is 28.9 Å². The van der Waals surface area contributed by atoms with Crippen LogP contribution in [0.4, 0.5) is 0 Å². The van der Waals surface area contributed by atoms with Crippen molar-refractivity contribution >= 4 is 28.5 Å². The smallest absolute Gasteiger partial charge is 0.306 e. The van der Waals surface area contributed by atoms with Crippen LogP contribution in [-0.2, 0) is 22.6 Å². The Morgan fingerprint density at radius 3 is 2.39 bits per heavy atom. The molecule has 0 amide bonds. The summed E-state index contributed by atoms with van der Waals surface area (Å²) < 4.78 is 10.7. The van der Waals surface area contributed by atoms with E-state index in [9.17, 15) is 4.79 Å². The maximum absolute atomic E-state index is 12.2. The highest BCUT2D eigenvalue weighted by molar-refractivity contribution is 7.98. The van der Waals surface area contributed by atoms with E-state index in [1.807, 2.05) is 56.5 Å². The van der Waals surface area contributed by atoms with Gasteiger partial charge in [-0.25, -0.2) is 9.97 Å². The minimum atomic E-state index is -0.220. The largest absolute Gasteiger partial charge is 0.497 e. The van der Waals surface area contributed by atoms with E-state index in [0.29, 0.717) is 12.8 Å². The fourth-order valence-corrected chi connectivity index (χ4v) is 3.57. The average Bonchev–Trinajstić information content (AvgIpc) is 2.70. The van der Waals surface area contributed by atoms with Gasteiger partial charge < -0.3 is 9.47 Å². The van der Waals surface area contributed by atoms with Crippen molar-refractivity contribution in [1.29, 1.82) is 0 Å². The normalized spacial score (nSPS) is 10.9. The zero-order valence-corrected chi connectivity index (χ0v) is 17.4. The second kappa shape index (κ2) is 9.06. The third-order valence-corrected chi connectivity index (χ3v) is 5.22. The van der Waals surface area contributed by atoms with Gasteiger partial charge in [0.05, 0.1) is 7.11 Å². The van der Waals surface area contributed by atoms with Gasteiger partial charge in [0.25, 0.3) is 0 Å². The number of carbonyl (C=O) groups excluding carboxylic acids is 1. The van der Waals surface area contributed by atoms with E-state index in [0.717, 1.165) is 44.2 Å². The van der Waals surface area contributed by atoms with Crippen molar-refractivity contribution in [3.63, 3.8) is 0 Å². The van der Waals surface area contributed by atoms with Crippen LogP contribution in [0.25, 0.3) is 10.8 Å². The van der Waals surface area contributed by atoms with Crippen molar-refractivity contribution in [3.8, 4) is 5.75 Å². The van der Waals surface area contributed by atoms with Gasteiger partial charge in [0, 0.05) is 17.8 Å². The quantitative estimate of drug-likeness (QED) is 0.329. The molecule has 3 rings (SSSR count). The zero-order chi connectivity index (χ0) is 20.1. The Morgan fingerprint density at radius 1 is 1.04 bits per heavy atom. The Morgan fingerprint density at radius 2 is 1.71 bits per heavy atom. The van der Waals surface area contributed by atoms with Gasteiger partial charge in [-0.3, -0.25) is 4.79 Å². The number of hydrogen-bond donors (Lipinski definition) is 0. The molecule has 0 unspecified atom stereocenters. The van der Waals surface area contributed by atoms with E-state index in [1.165, 1.54) is 11.8 Å². The highest BCUT2D eigenvalue weighted by atomic mass is 32.2. The lowest BCUT2D eigenvalue weighted by Gasteiger charge is -2.10. The summed E-state index contributed by atoms with van der Waals surface area (Å²) in [5, 5.41) is 2.94. The first-order valence-electron chi connectivity index (χ1n) is 9.10. The lowest BCUT2D eigenvalue weighted by molar-refractivity contribution is -0.144. The van der Waals surface area contributed by atoms with E-state index >= 15 is 0 Å². The molecule has 0 radical (unpaired) electrons. The molecule has 1 aromatic heterocycles. The highest BCUT2D eigenvalue weighted by Gasteiger charge is 2.11. The van der Waals surface area contributed by atoms with Crippen molar-refractivity contribution in [2.24, 2.45) is 0 Å². The van der Waals surface area contributed by atoms with Crippen LogP contribution < -0.4 is 4.74 Å². The molecule has 28 heavy (non-hydrogen) atoms. The van der Waals surface area contributed by atoms with E-state index in [-0.39, 0.29) is 12.6 Å². The van der Waals surface area contributed by atoms with Crippen LogP contribution in [0.3, 0.4) is 0 Å². The Bertz CT molecular complexity index is 981. The molecule has 0 N–H and O–H groups in total. The fourth-order valence-electron chi connectivity index (χ4n) is 3.11. The van der Waals surface area contributed by atoms with Gasteiger partial charge >= 0.3 is 5.97 Å². The number of rotatable bonds is 7. The van der Waals surface area contributed by atoms with E-state index in [1.54, 1.807) is 7.11 Å². The van der Waals surface area contributed by atoms with Crippen molar-refractivity contribution in [3.05, 3.63) is 58.9 Å². The number of thioether (sulfide) groups is 1. The van der Waals surface area contributed by atoms with Gasteiger partial charge in [0.2, 0.25) is 0 Å². The Hall–Kier alpha value is -2.60. The van der Waals surface area contributed by atoms with Crippen LogP contribution in [0.2, 0.25) is 0 Å². The Kier molecular flexibility index (Phi) is 6.52. The first kappa shape index (κ1) is 20.1. The number of esters is 1. The third-order valence-electron chi connectivity index (χ3n) is 4.67. The number of aromatic nitrogens is 2. The summed E-state index contributed by atoms with van der Waals surface area (Å²) in [5.41, 5.74) is 3.84. The molecule has 0 saturated carbocycles. The maximum Gasteiger partial charge on any atom is 0.306 e. The van der Waals surface area contributed by atoms with Crippen LogP contribution in [0, 0.1) is 13.8 Å². The summed E-state index contributed by atoms with van der Waals surface area (Å²) in [6.45, 7) is 4.18. The summed E-state index contributed by atoms with van der Waals surface area (Å²) in [6, 6.07) is 11.9. The van der Waals surface area contributed by atoms with Crippen LogP contribution >= 0.6 is 11.8 Å². The third kappa shape index (κ3) is 4.81. The molecule has 6 heteroatoms. The fraction of sp³-hybridized carbons (Fsp3) is 0.318. The number of methoxy groups -OCH3 is 1. The molecule has 0 bridgehead atoms. The van der Waals surface area contributed by atoms with Crippen molar-refractivity contribution in [2.45, 2.75) is 38.5 Å². The number of ether oxygens (including phenoxy) is 2. The predicted octanol–water partition coefficient (Wildman–Crippen LogP) is 4.65. The van der Waals surface area contributed by atoms with E-state index in [2.05, 4.69) is 9.97 Å². The zero-order valence-electron chi connectivity index (χ0n) is 16.6. The summed E-state index contributed by atoms with van der Waals surface area (Å²) in [6.07, 6.45) is 2.85. The molecular weight excluding hydrogens is 372 g/mol. The molecule has 0 aliphatic carbocycles. The van der Waals surface area contributed by atoms with Crippen LogP contribution in [-0.4, -0.2) is 29.3 Å². The molecule has 146 valence electrons. The molecule has 0 fully saturated rings. The summed E-state index contributed by atoms with van der Waals surface area (Å²) in [5.74, 6) is 0.606. The Balaban J connectivity index is 1.58. The number of aryl methyl sites for hydroxylation is 2. The number of nitrogens with zero attached hydrogens (tertiary/aromatic N) is 2. The summed E-state index contributed by atoms with van der Waals surface area (Å²) >= 11 is 1.52. The van der Waals surface area contributed by atoms with Crippen LogP contribution in [0.15, 0.2) is 41.6 Å². The standard InChI is InChI=1S/C22H24N2O3S/c1-14-20(15(2)24-22(23-14)28-4)9-10-21(25)27-13-16-5-6-18-12-19(26-3)8-7-17(18)11-16/h5-8,11-12H,9-10,13H2,1-4H3. The topological polar surface area (TPSA) is 61.3 Å². The molecule has 0 aliphatic rings. The van der Waals surface area contributed by atoms with Gasteiger partial charge in [-0.1, -0.05) is 30.0 Å². The molecule has 0 aliphatic heterocycles. The number of benzene rings is 2. The second-order valence-electron chi connectivity index (χ2n) is 6.57. The van der Waals surface area contributed by atoms with Crippen molar-refractivity contribution in [1.82, 2.24) is 9.97 Å². The monoisotopic (exact) mass is 396 g/mol. The van der Waals surface area contributed by atoms with Gasteiger partial charge in [-0.15, -0.1) is 0 Å². The minimum Gasteiger partial charge on any atom is -0.497 e. The van der Waals surface area contributed by atoms with Crippen molar-refractivity contribution in [2.75, 3.05) is 13.4 Å². The molecule has 0 spiro atoms. The lowest BCUT2D eigenvalue weighted by Crippen LogP contribution is -2.09. The molecule has 3 aromatic rings. The maximum atomic E-state index is 12.2. The first-order valence-corrected chi connectivity index (χ1v) is 10.3. The summed E-state index contributed by atoms with van der Waals surface area (Å²) in [4.78, 5) is 21.1. The van der Waals surface area contributed by atoms with Gasteiger partial charge in [0.15, 0.2) is 5.16 Å². The van der Waals surface area contributed by atoms with Gasteiger partial charge in [0.1, 0.15) is 12.4 Å². The van der Waals surface area contributed by atoms with E-state index < -0.39 is 0 Å². The molecule has 5 nitrogen and oxygen atoms in total. The molecule has 2 aromatic carbocycles. The average molecular weight is 397 g/mol. The number of hydrogen-bond acceptors (Lipinski definition) is 6. The second-order valence-corrected chi connectivity index (χ2v) is 7.34. The molecule has 0 saturated heterocycles. The predicted molar refractivity (Wildman–Crippen MR) is 112 cm³/mol. The SMILES string of the molecule is COc1ccc2cc(COC(=O)CCc3c(C)nc(SC)nc3C)ccc2c1. The molecular formula is C22H24N2O3S. The molecule has 0 atom stereocenters. The first-order chi connectivity index (χ1) is 13.5. The highest BCUT2D eigenvalue weighted by Crippen LogP contribution is 2.22. The Labute approximate surface area is 169 Å². The number of fused-ring (bicyclic) bond motifs is 1. The van der Waals surface area contributed by atoms with Gasteiger partial charge in [-0.05, 0) is 66.6 Å². The van der Waals surface area contributed by atoms with Crippen LogP contribution in [0.5, 0.6) is 5.75 Å².